The maximum atomic E-state index is 8.77. The molecular formula is H12O4Si5. The maximum absolute atomic E-state index is 8.77. The van der Waals surface area contributed by atoms with Crippen LogP contribution in [0.1, 0.15) is 0 Å². The Hall–Kier alpha value is 0.924. The lowest BCUT2D eigenvalue weighted by atomic mass is 15.7. The van der Waals surface area contributed by atoms with Gasteiger partial charge in [0.25, 0.3) is 28.8 Å². The zero-order valence-electron chi connectivity index (χ0n) is 5.66. The van der Waals surface area contributed by atoms with Crippen LogP contribution in [0.5, 0.6) is 0 Å². The van der Waals surface area contributed by atoms with Crippen LogP contribution in [0, 0.1) is 0 Å². The summed E-state index contributed by atoms with van der Waals surface area (Å²) >= 11 is 0. The molecule has 0 bridgehead atoms. The first-order valence-corrected chi connectivity index (χ1v) is 11.4. The summed E-state index contributed by atoms with van der Waals surface area (Å²) in [6.07, 6.45) is 0. The fourth-order valence-electron chi connectivity index (χ4n) is 0.264. The molecule has 0 fully saturated rings. The summed E-state index contributed by atoms with van der Waals surface area (Å²) < 4.78 is 14.9. The van der Waals surface area contributed by atoms with Crippen molar-refractivity contribution in [3.63, 3.8) is 0 Å². The Kier molecular flexibility index (Phi) is 7.76. The van der Waals surface area contributed by atoms with Gasteiger partial charge in [-0.15, -0.1) is 0 Å². The van der Waals surface area contributed by atoms with Crippen molar-refractivity contribution in [2.45, 2.75) is 0 Å². The van der Waals surface area contributed by atoms with Crippen molar-refractivity contribution in [3.05, 3.63) is 0 Å². The molecule has 0 aliphatic carbocycles. The molecule has 4 nitrogen and oxygen atoms in total. The van der Waals surface area contributed by atoms with Gasteiger partial charge in [-0.3, -0.25) is 0 Å². The van der Waals surface area contributed by atoms with Crippen LogP contribution in [0.2, 0.25) is 0 Å². The van der Waals surface area contributed by atoms with Crippen LogP contribution in [0.4, 0.5) is 0 Å². The van der Waals surface area contributed by atoms with Gasteiger partial charge in [-0.05, 0) is 0 Å². The zero-order chi connectivity index (χ0) is 7.11. The molecule has 9 heavy (non-hydrogen) atoms. The molecular weight excluding hydrogens is 204 g/mol. The van der Waals surface area contributed by atoms with E-state index in [1.165, 1.54) is 0 Å². The van der Waals surface area contributed by atoms with Crippen LogP contribution in [-0.2, 0) is 12.3 Å². The molecule has 0 aliphatic rings. The lowest BCUT2D eigenvalue weighted by Crippen LogP contribution is -2.23. The molecule has 0 aromatic carbocycles. The third kappa shape index (κ3) is 8.92. The molecule has 9 heteroatoms. The van der Waals surface area contributed by atoms with Crippen LogP contribution < -0.4 is 0 Å². The molecule has 0 spiro atoms. The highest BCUT2D eigenvalue weighted by molar-refractivity contribution is 6.96. The first-order chi connectivity index (χ1) is 4.27. The first-order valence-electron chi connectivity index (χ1n) is 2.63. The number of hydrogen-bond donors (Lipinski definition) is 1. The Labute approximate surface area is 66.6 Å². The maximum Gasteiger partial charge on any atom is 0.286 e. The molecule has 0 aromatic rings. The molecule has 1 N–H and O–H groups in total. The van der Waals surface area contributed by atoms with Gasteiger partial charge < -0.3 is 17.1 Å². The molecule has 0 saturated carbocycles. The standard InChI is InChI=1S/H12O4Si5/c1-9(6)4-8-3-7-2-5/h1,9H,7-8H2,5-6H3. The highest BCUT2D eigenvalue weighted by Gasteiger charge is 1.96. The van der Waals surface area contributed by atoms with Crippen molar-refractivity contribution < 1.29 is 17.1 Å². The van der Waals surface area contributed by atoms with Gasteiger partial charge in [0.15, 0.2) is 0 Å². The van der Waals surface area contributed by atoms with Crippen LogP contribution in [0.25, 0.3) is 0 Å². The molecule has 0 aromatic heterocycles. The smallest absolute Gasteiger partial charge is 0.286 e. The Morgan fingerprint density at radius 2 is 2.11 bits per heavy atom. The van der Waals surface area contributed by atoms with Crippen molar-refractivity contribution in [2.75, 3.05) is 0 Å². The van der Waals surface area contributed by atoms with Gasteiger partial charge in [0.2, 0.25) is 0 Å². The van der Waals surface area contributed by atoms with Gasteiger partial charge in [0.05, 0.1) is 9.76 Å². The van der Waals surface area contributed by atoms with E-state index in [1.54, 1.807) is 0 Å². The van der Waals surface area contributed by atoms with E-state index in [9.17, 15) is 0 Å². The van der Waals surface area contributed by atoms with Gasteiger partial charge in [-0.1, -0.05) is 0 Å². The van der Waals surface area contributed by atoms with Gasteiger partial charge >= 0.3 is 0 Å². The van der Waals surface area contributed by atoms with Crippen LogP contribution in [0.3, 0.4) is 0 Å². The summed E-state index contributed by atoms with van der Waals surface area (Å²) in [5, 5.41) is 0. The summed E-state index contributed by atoms with van der Waals surface area (Å²) in [7, 11) is -1.64. The van der Waals surface area contributed by atoms with Crippen molar-refractivity contribution in [2.24, 2.45) is 0 Å². The van der Waals surface area contributed by atoms with Crippen molar-refractivity contribution >= 4 is 49.1 Å². The molecule has 1 atom stereocenters. The SMILES string of the molecule is O[SiH]([SiH3])O[SiH2]O[SiH2]O[SiH3]. The predicted octanol–water partition coefficient (Wildman–Crippen LogP) is -5.61. The average molecular weight is 217 g/mol. The van der Waals surface area contributed by atoms with Crippen LogP contribution in [0.15, 0.2) is 0 Å². The minimum atomic E-state index is -1.66. The topological polar surface area (TPSA) is 47.9 Å². The van der Waals surface area contributed by atoms with Crippen molar-refractivity contribution in [1.82, 2.24) is 0 Å². The predicted molar refractivity (Wildman–Crippen MR) is 49.6 cm³/mol. The molecule has 56 valence electrons. The Balaban J connectivity index is 2.75. The first kappa shape index (κ1) is 9.92. The van der Waals surface area contributed by atoms with E-state index in [0.29, 0.717) is 0 Å². The molecule has 0 saturated heterocycles. The monoisotopic (exact) mass is 216 g/mol. The highest BCUT2D eigenvalue weighted by atomic mass is 29.2. The largest absolute Gasteiger partial charge is 0.449 e. The highest BCUT2D eigenvalue weighted by Crippen LogP contribution is 1.72. The third-order valence-corrected chi connectivity index (χ3v) is 8.34. The molecule has 0 heterocycles. The van der Waals surface area contributed by atoms with Crippen LogP contribution in [-0.4, -0.2) is 53.9 Å². The summed E-state index contributed by atoms with van der Waals surface area (Å²) in [6.45, 7) is 0. The summed E-state index contributed by atoms with van der Waals surface area (Å²) in [6, 6.07) is 0. The zero-order valence-corrected chi connectivity index (χ0v) is 13.6. The van der Waals surface area contributed by atoms with Gasteiger partial charge in [0, 0.05) is 0 Å². The summed E-state index contributed by atoms with van der Waals surface area (Å²) in [4.78, 5) is 8.77. The van der Waals surface area contributed by atoms with E-state index >= 15 is 0 Å². The van der Waals surface area contributed by atoms with Gasteiger partial charge in [-0.2, -0.15) is 0 Å². The Morgan fingerprint density at radius 3 is 2.56 bits per heavy atom. The lowest BCUT2D eigenvalue weighted by molar-refractivity contribution is 0.391. The van der Waals surface area contributed by atoms with Crippen LogP contribution >= 0.6 is 0 Å². The van der Waals surface area contributed by atoms with E-state index < -0.39 is 28.8 Å². The molecule has 0 amide bonds. The Bertz CT molecular complexity index is 54.9. The normalized spacial score (nSPS) is 17.0. The average Bonchev–Trinajstić information content (AvgIpc) is 1.80. The minimum absolute atomic E-state index is 0.696. The quantitative estimate of drug-likeness (QED) is 0.368. The van der Waals surface area contributed by atoms with Gasteiger partial charge in [-0.25, -0.2) is 0 Å². The van der Waals surface area contributed by atoms with E-state index in [2.05, 4.69) is 0 Å². The second-order valence-corrected chi connectivity index (χ2v) is 11.4. The van der Waals surface area contributed by atoms with Crippen molar-refractivity contribution in [1.29, 1.82) is 0 Å². The van der Waals surface area contributed by atoms with E-state index in [0.717, 1.165) is 20.2 Å². The van der Waals surface area contributed by atoms with E-state index in [-0.39, 0.29) is 0 Å². The summed E-state index contributed by atoms with van der Waals surface area (Å²) in [5.74, 6) is 0. The second-order valence-electron chi connectivity index (χ2n) is 1.49. The summed E-state index contributed by atoms with van der Waals surface area (Å²) in [5.41, 5.74) is 0. The van der Waals surface area contributed by atoms with E-state index in [4.69, 9.17) is 17.1 Å². The fourth-order valence-corrected chi connectivity index (χ4v) is 5.97. The minimum Gasteiger partial charge on any atom is -0.449 e. The van der Waals surface area contributed by atoms with E-state index in [1.807, 2.05) is 0 Å². The Morgan fingerprint density at radius 1 is 1.44 bits per heavy atom. The lowest BCUT2D eigenvalue weighted by Gasteiger charge is -2.04. The second kappa shape index (κ2) is 7.04. The fraction of sp³-hybridized carbons (Fsp3) is 0. The molecule has 0 aliphatic heterocycles. The van der Waals surface area contributed by atoms with Crippen molar-refractivity contribution in [3.8, 4) is 0 Å². The number of hydrogen-bond acceptors (Lipinski definition) is 4. The molecule has 0 rings (SSSR count). The third-order valence-electron chi connectivity index (χ3n) is 0.594. The number of rotatable bonds is 5. The molecule has 0 radical (unpaired) electrons. The molecule has 1 unspecified atom stereocenters. The van der Waals surface area contributed by atoms with Gasteiger partial charge in [0.1, 0.15) is 10.5 Å².